The van der Waals surface area contributed by atoms with Crippen LogP contribution in [0.1, 0.15) is 25.3 Å². The normalized spacial score (nSPS) is 22.1. The smallest absolute Gasteiger partial charge is 0.144 e. The van der Waals surface area contributed by atoms with Crippen molar-refractivity contribution in [2.24, 2.45) is 5.92 Å². The van der Waals surface area contributed by atoms with Crippen molar-refractivity contribution in [1.82, 2.24) is 14.5 Å². The molecule has 0 saturated heterocycles. The molecule has 3 heterocycles. The minimum Gasteiger partial charge on any atom is -0.396 e. The van der Waals surface area contributed by atoms with E-state index in [1.54, 1.807) is 17.7 Å². The fourth-order valence-corrected chi connectivity index (χ4v) is 4.11. The number of aliphatic hydroxyl groups excluding tert-OH is 1. The van der Waals surface area contributed by atoms with Crippen LogP contribution < -0.4 is 0 Å². The van der Waals surface area contributed by atoms with E-state index in [1.807, 2.05) is 6.20 Å². The van der Waals surface area contributed by atoms with Gasteiger partial charge in [0.25, 0.3) is 0 Å². The number of aliphatic hydroxyl groups is 1. The van der Waals surface area contributed by atoms with Crippen LogP contribution in [-0.4, -0.2) is 26.2 Å². The zero-order valence-corrected chi connectivity index (χ0v) is 12.5. The van der Waals surface area contributed by atoms with Crippen molar-refractivity contribution in [1.29, 1.82) is 0 Å². The second-order valence-electron chi connectivity index (χ2n) is 5.70. The van der Waals surface area contributed by atoms with Gasteiger partial charge in [0.1, 0.15) is 12.0 Å². The summed E-state index contributed by atoms with van der Waals surface area (Å²) in [4.78, 5) is 9.95. The highest BCUT2D eigenvalue weighted by molar-refractivity contribution is 7.13. The first-order valence-electron chi connectivity index (χ1n) is 7.32. The Hall–Kier alpha value is -1.72. The van der Waals surface area contributed by atoms with E-state index in [2.05, 4.69) is 38.2 Å². The average Bonchev–Trinajstić information content (AvgIpc) is 3.25. The van der Waals surface area contributed by atoms with Crippen LogP contribution in [-0.2, 0) is 0 Å². The second-order valence-corrected chi connectivity index (χ2v) is 6.65. The molecule has 0 bridgehead atoms. The summed E-state index contributed by atoms with van der Waals surface area (Å²) in [5, 5.41) is 12.6. The maximum Gasteiger partial charge on any atom is 0.144 e. The van der Waals surface area contributed by atoms with Crippen LogP contribution in [0.25, 0.3) is 21.5 Å². The van der Waals surface area contributed by atoms with Crippen molar-refractivity contribution in [3.63, 3.8) is 0 Å². The number of fused-ring (bicyclic) bond motifs is 1. The molecule has 0 radical (unpaired) electrons. The van der Waals surface area contributed by atoms with E-state index in [-0.39, 0.29) is 0 Å². The minimum absolute atomic E-state index is 0.294. The van der Waals surface area contributed by atoms with E-state index in [0.29, 0.717) is 18.6 Å². The van der Waals surface area contributed by atoms with Crippen LogP contribution in [0, 0.1) is 5.92 Å². The van der Waals surface area contributed by atoms with Gasteiger partial charge in [0, 0.05) is 40.9 Å². The molecule has 0 aliphatic heterocycles. The van der Waals surface area contributed by atoms with Crippen molar-refractivity contribution in [2.75, 3.05) is 6.61 Å². The Labute approximate surface area is 127 Å². The highest BCUT2D eigenvalue weighted by atomic mass is 32.1. The molecule has 108 valence electrons. The first-order chi connectivity index (χ1) is 10.4. The summed E-state index contributed by atoms with van der Waals surface area (Å²) in [5.41, 5.74) is 2.23. The summed E-state index contributed by atoms with van der Waals surface area (Å²) < 4.78 is 2.29. The molecule has 0 unspecified atom stereocenters. The van der Waals surface area contributed by atoms with Crippen molar-refractivity contribution < 1.29 is 5.11 Å². The number of aromatic nitrogens is 3. The lowest BCUT2D eigenvalue weighted by Crippen LogP contribution is -2.06. The van der Waals surface area contributed by atoms with E-state index in [1.165, 1.54) is 10.4 Å². The lowest BCUT2D eigenvalue weighted by atomic mass is 10.1. The lowest BCUT2D eigenvalue weighted by molar-refractivity contribution is 0.226. The molecule has 3 aromatic rings. The van der Waals surface area contributed by atoms with Crippen LogP contribution in [0.15, 0.2) is 36.2 Å². The maximum atomic E-state index is 9.37. The lowest BCUT2D eigenvalue weighted by Gasteiger charge is -2.13. The predicted molar refractivity (Wildman–Crippen MR) is 84.3 cm³/mol. The molecular weight excluding hydrogens is 282 g/mol. The molecule has 1 fully saturated rings. The van der Waals surface area contributed by atoms with E-state index in [4.69, 9.17) is 0 Å². The molecule has 1 saturated carbocycles. The van der Waals surface area contributed by atoms with E-state index in [0.717, 1.165) is 30.3 Å². The molecule has 1 aliphatic rings. The third kappa shape index (κ3) is 2.17. The zero-order chi connectivity index (χ0) is 14.2. The first kappa shape index (κ1) is 13.0. The van der Waals surface area contributed by atoms with Crippen LogP contribution in [0.2, 0.25) is 0 Å². The van der Waals surface area contributed by atoms with Crippen LogP contribution in [0.4, 0.5) is 0 Å². The molecule has 0 spiro atoms. The Morgan fingerprint density at radius 3 is 3.10 bits per heavy atom. The van der Waals surface area contributed by atoms with Crippen molar-refractivity contribution in [3.8, 4) is 10.4 Å². The molecule has 1 aliphatic carbocycles. The van der Waals surface area contributed by atoms with Gasteiger partial charge in [-0.2, -0.15) is 0 Å². The van der Waals surface area contributed by atoms with Gasteiger partial charge in [0.2, 0.25) is 0 Å². The van der Waals surface area contributed by atoms with Gasteiger partial charge in [0.05, 0.1) is 0 Å². The summed E-state index contributed by atoms with van der Waals surface area (Å²) >= 11 is 1.74. The van der Waals surface area contributed by atoms with Crippen LogP contribution >= 0.6 is 11.3 Å². The Bertz CT molecular complexity index is 750. The fraction of sp³-hybridized carbons (Fsp3) is 0.375. The van der Waals surface area contributed by atoms with Gasteiger partial charge < -0.3 is 9.67 Å². The quantitative estimate of drug-likeness (QED) is 0.805. The number of nitrogens with zero attached hydrogens (tertiary/aromatic N) is 3. The fourth-order valence-electron chi connectivity index (χ4n) is 3.36. The summed E-state index contributed by atoms with van der Waals surface area (Å²) in [5.74, 6) is 0.430. The molecule has 3 aromatic heterocycles. The Morgan fingerprint density at radius 2 is 2.33 bits per heavy atom. The van der Waals surface area contributed by atoms with Gasteiger partial charge in [-0.15, -0.1) is 11.3 Å². The molecule has 4 rings (SSSR count). The average molecular weight is 299 g/mol. The number of hydrogen-bond donors (Lipinski definition) is 1. The number of thiophene rings is 1. The molecule has 2 atom stereocenters. The van der Waals surface area contributed by atoms with Gasteiger partial charge >= 0.3 is 0 Å². The largest absolute Gasteiger partial charge is 0.396 e. The molecular formula is C16H17N3OS. The van der Waals surface area contributed by atoms with Gasteiger partial charge in [-0.25, -0.2) is 9.97 Å². The Morgan fingerprint density at radius 1 is 1.38 bits per heavy atom. The van der Waals surface area contributed by atoms with E-state index in [9.17, 15) is 5.11 Å². The van der Waals surface area contributed by atoms with Gasteiger partial charge in [-0.1, -0.05) is 6.07 Å². The second kappa shape index (κ2) is 5.24. The summed E-state index contributed by atoms with van der Waals surface area (Å²) in [6, 6.07) is 4.65. The monoisotopic (exact) mass is 299 g/mol. The third-order valence-electron chi connectivity index (χ3n) is 4.45. The topological polar surface area (TPSA) is 50.9 Å². The van der Waals surface area contributed by atoms with Crippen LogP contribution in [0.5, 0.6) is 0 Å². The molecule has 5 heteroatoms. The van der Waals surface area contributed by atoms with Crippen molar-refractivity contribution >= 4 is 22.4 Å². The maximum absolute atomic E-state index is 9.37. The standard InChI is InChI=1S/C16H17N3OS/c20-9-11-3-4-12(6-11)19-8-14(15-2-1-5-21-15)13-7-17-10-18-16(13)19/h1-2,5,7-8,10-12,20H,3-4,6,9H2/t11-,12+/m1/s1. The predicted octanol–water partition coefficient (Wildman–Crippen LogP) is 3.49. The highest BCUT2D eigenvalue weighted by Gasteiger charge is 2.27. The SMILES string of the molecule is OC[C@@H]1CC[C@H](n2cc(-c3cccs3)c3cncnc32)C1. The summed E-state index contributed by atoms with van der Waals surface area (Å²) in [7, 11) is 0. The van der Waals surface area contributed by atoms with Crippen molar-refractivity contribution in [3.05, 3.63) is 36.2 Å². The summed E-state index contributed by atoms with van der Waals surface area (Å²) in [6.07, 6.45) is 8.99. The molecule has 0 aromatic carbocycles. The van der Waals surface area contributed by atoms with Gasteiger partial charge in [0.15, 0.2) is 0 Å². The summed E-state index contributed by atoms with van der Waals surface area (Å²) in [6.45, 7) is 0.294. The molecule has 1 N–H and O–H groups in total. The molecule has 21 heavy (non-hydrogen) atoms. The van der Waals surface area contributed by atoms with E-state index < -0.39 is 0 Å². The van der Waals surface area contributed by atoms with Crippen molar-refractivity contribution in [2.45, 2.75) is 25.3 Å². The van der Waals surface area contributed by atoms with E-state index >= 15 is 0 Å². The zero-order valence-electron chi connectivity index (χ0n) is 11.6. The Balaban J connectivity index is 1.83. The highest BCUT2D eigenvalue weighted by Crippen LogP contribution is 2.39. The minimum atomic E-state index is 0.294. The first-order valence-corrected chi connectivity index (χ1v) is 8.20. The Kier molecular flexibility index (Phi) is 3.24. The number of hydrogen-bond acceptors (Lipinski definition) is 4. The number of rotatable bonds is 3. The van der Waals surface area contributed by atoms with Crippen LogP contribution in [0.3, 0.4) is 0 Å². The van der Waals surface area contributed by atoms with Gasteiger partial charge in [-0.3, -0.25) is 0 Å². The molecule has 0 amide bonds. The van der Waals surface area contributed by atoms with Gasteiger partial charge in [-0.05, 0) is 36.6 Å². The third-order valence-corrected chi connectivity index (χ3v) is 5.35. The molecule has 4 nitrogen and oxygen atoms in total.